The third-order valence-electron chi connectivity index (χ3n) is 8.23. The number of carbonyl (C=O) groups is 1. The van der Waals surface area contributed by atoms with Crippen molar-refractivity contribution >= 4 is 16.8 Å². The summed E-state index contributed by atoms with van der Waals surface area (Å²) < 4.78 is 20.9. The summed E-state index contributed by atoms with van der Waals surface area (Å²) in [6.07, 6.45) is 0.205. The number of aromatic nitrogens is 2. The molecular weight excluding hydrogens is 555 g/mol. The maximum atomic E-state index is 14.1. The number of rotatable bonds is 9. The molecule has 8 heteroatoms. The lowest BCUT2D eigenvalue weighted by Crippen LogP contribution is -2.45. The molecule has 2 heterocycles. The fourth-order valence-electron chi connectivity index (χ4n) is 5.74. The molecule has 1 atom stereocenters. The number of para-hydroxylation sites is 1. The van der Waals surface area contributed by atoms with Gasteiger partial charge in [0.1, 0.15) is 11.6 Å². The lowest BCUT2D eigenvalue weighted by molar-refractivity contribution is -0.133. The number of morpholine rings is 1. The number of amides is 1. The summed E-state index contributed by atoms with van der Waals surface area (Å²) in [6, 6.07) is 30.6. The summed E-state index contributed by atoms with van der Waals surface area (Å²) in [4.78, 5) is 37.0. The third-order valence-corrected chi connectivity index (χ3v) is 8.23. The highest BCUT2D eigenvalue weighted by atomic mass is 19.1. The van der Waals surface area contributed by atoms with Gasteiger partial charge in [0, 0.05) is 26.2 Å². The number of hydrogen-bond acceptors (Lipinski definition) is 5. The summed E-state index contributed by atoms with van der Waals surface area (Å²) >= 11 is 0. The van der Waals surface area contributed by atoms with Crippen molar-refractivity contribution in [3.05, 3.63) is 131 Å². The predicted molar refractivity (Wildman–Crippen MR) is 170 cm³/mol. The van der Waals surface area contributed by atoms with E-state index < -0.39 is 11.9 Å². The molecule has 1 saturated heterocycles. The molecule has 1 unspecified atom stereocenters. The first-order chi connectivity index (χ1) is 21.5. The Bertz CT molecular complexity index is 1780. The summed E-state index contributed by atoms with van der Waals surface area (Å²) in [7, 11) is 0. The van der Waals surface area contributed by atoms with E-state index in [-0.39, 0.29) is 17.9 Å². The van der Waals surface area contributed by atoms with Crippen molar-refractivity contribution in [2.24, 2.45) is 0 Å². The van der Waals surface area contributed by atoms with Gasteiger partial charge in [0.2, 0.25) is 5.91 Å². The molecule has 1 aliphatic rings. The number of hydrogen-bond donors (Lipinski definition) is 0. The van der Waals surface area contributed by atoms with Crippen LogP contribution in [0.1, 0.15) is 24.4 Å². The minimum atomic E-state index is -0.547. The summed E-state index contributed by atoms with van der Waals surface area (Å²) in [5.74, 6) is -0.0351. The van der Waals surface area contributed by atoms with Crippen LogP contribution in [0, 0.1) is 5.82 Å². The van der Waals surface area contributed by atoms with Gasteiger partial charge in [-0.1, -0.05) is 66.7 Å². The summed E-state index contributed by atoms with van der Waals surface area (Å²) in [6.45, 7) is 5.94. The van der Waals surface area contributed by atoms with Gasteiger partial charge in [0.05, 0.1) is 42.3 Å². The molecule has 0 aliphatic carbocycles. The van der Waals surface area contributed by atoms with Crippen LogP contribution in [0.4, 0.5) is 4.39 Å². The van der Waals surface area contributed by atoms with Crippen LogP contribution in [-0.4, -0.2) is 64.7 Å². The molecule has 1 amide bonds. The summed E-state index contributed by atoms with van der Waals surface area (Å²) in [5.41, 5.74) is 3.89. The molecule has 0 N–H and O–H groups in total. The molecular formula is C36H35FN4O3. The van der Waals surface area contributed by atoms with Gasteiger partial charge in [0.25, 0.3) is 5.56 Å². The number of fused-ring (bicyclic) bond motifs is 1. The highest BCUT2D eigenvalue weighted by Gasteiger charge is 2.28. The second-order valence-electron chi connectivity index (χ2n) is 11.1. The molecule has 1 aromatic heterocycles. The average Bonchev–Trinajstić information content (AvgIpc) is 3.06. The first kappa shape index (κ1) is 29.4. The molecule has 1 aliphatic heterocycles. The van der Waals surface area contributed by atoms with Crippen molar-refractivity contribution in [2.45, 2.75) is 19.4 Å². The summed E-state index contributed by atoms with van der Waals surface area (Å²) in [5, 5.41) is 0.456. The van der Waals surface area contributed by atoms with Gasteiger partial charge in [-0.3, -0.25) is 19.1 Å². The number of ether oxygens (including phenoxy) is 1. The van der Waals surface area contributed by atoms with Crippen LogP contribution in [0.2, 0.25) is 0 Å². The van der Waals surface area contributed by atoms with E-state index in [0.717, 1.165) is 29.8 Å². The topological polar surface area (TPSA) is 67.7 Å². The smallest absolute Gasteiger partial charge is 0.266 e. The molecule has 224 valence electrons. The van der Waals surface area contributed by atoms with Gasteiger partial charge in [-0.15, -0.1) is 0 Å². The van der Waals surface area contributed by atoms with E-state index in [0.29, 0.717) is 48.7 Å². The Balaban J connectivity index is 1.35. The van der Waals surface area contributed by atoms with E-state index in [1.54, 1.807) is 30.3 Å². The first-order valence-corrected chi connectivity index (χ1v) is 15.0. The SMILES string of the molecule is CC(c1nc2ccccc2c(=O)n1-c1ccc(F)cc1)N(CCN1CCOCC1)C(=O)Cc1ccc(-c2ccccc2)cc1. The van der Waals surface area contributed by atoms with Crippen LogP contribution in [0.15, 0.2) is 108 Å². The zero-order valence-electron chi connectivity index (χ0n) is 24.7. The Morgan fingerprint density at radius 1 is 0.886 bits per heavy atom. The van der Waals surface area contributed by atoms with Gasteiger partial charge >= 0.3 is 0 Å². The monoisotopic (exact) mass is 590 g/mol. The molecule has 0 bridgehead atoms. The Hall–Kier alpha value is -4.66. The Morgan fingerprint density at radius 2 is 1.55 bits per heavy atom. The number of benzene rings is 4. The zero-order valence-corrected chi connectivity index (χ0v) is 24.7. The van der Waals surface area contributed by atoms with Crippen molar-refractivity contribution in [2.75, 3.05) is 39.4 Å². The van der Waals surface area contributed by atoms with Crippen molar-refractivity contribution < 1.29 is 13.9 Å². The van der Waals surface area contributed by atoms with E-state index in [2.05, 4.69) is 17.0 Å². The fourth-order valence-corrected chi connectivity index (χ4v) is 5.74. The van der Waals surface area contributed by atoms with Crippen molar-refractivity contribution in [1.29, 1.82) is 0 Å². The van der Waals surface area contributed by atoms with Gasteiger partial charge in [-0.05, 0) is 60.0 Å². The van der Waals surface area contributed by atoms with Crippen LogP contribution < -0.4 is 5.56 Å². The standard InChI is InChI=1S/C36H35FN4O3/c1-26(35-38-33-10-6-5-9-32(33)36(43)41(35)31-17-15-30(37)16-18-31)40(20-19-39-21-23-44-24-22-39)34(42)25-27-11-13-29(14-12-27)28-7-3-2-4-8-28/h2-18,26H,19-25H2,1H3. The first-order valence-electron chi connectivity index (χ1n) is 15.0. The molecule has 4 aromatic carbocycles. The van der Waals surface area contributed by atoms with Gasteiger partial charge in [0.15, 0.2) is 0 Å². The largest absolute Gasteiger partial charge is 0.379 e. The second-order valence-corrected chi connectivity index (χ2v) is 11.1. The number of nitrogens with zero attached hydrogens (tertiary/aromatic N) is 4. The highest BCUT2D eigenvalue weighted by Crippen LogP contribution is 2.25. The molecule has 0 radical (unpaired) electrons. The van der Waals surface area contributed by atoms with Gasteiger partial charge in [-0.25, -0.2) is 9.37 Å². The molecule has 1 fully saturated rings. The Labute approximate surface area is 256 Å². The highest BCUT2D eigenvalue weighted by molar-refractivity contribution is 5.80. The quantitative estimate of drug-likeness (QED) is 0.222. The van der Waals surface area contributed by atoms with E-state index in [9.17, 15) is 14.0 Å². The normalized spacial score (nSPS) is 14.4. The van der Waals surface area contributed by atoms with E-state index >= 15 is 0 Å². The van der Waals surface area contributed by atoms with E-state index in [1.165, 1.54) is 16.7 Å². The average molecular weight is 591 g/mol. The molecule has 44 heavy (non-hydrogen) atoms. The van der Waals surface area contributed by atoms with E-state index in [1.807, 2.05) is 60.4 Å². The number of halogens is 1. The number of carbonyl (C=O) groups excluding carboxylic acids is 1. The minimum absolute atomic E-state index is 0.0636. The van der Waals surface area contributed by atoms with Crippen molar-refractivity contribution in [1.82, 2.24) is 19.4 Å². The molecule has 5 aromatic rings. The van der Waals surface area contributed by atoms with Crippen LogP contribution in [-0.2, 0) is 16.0 Å². The van der Waals surface area contributed by atoms with Gasteiger partial charge in [-0.2, -0.15) is 0 Å². The molecule has 0 spiro atoms. The fraction of sp³-hybridized carbons (Fsp3) is 0.250. The van der Waals surface area contributed by atoms with Crippen LogP contribution in [0.3, 0.4) is 0 Å². The molecule has 6 rings (SSSR count). The maximum Gasteiger partial charge on any atom is 0.266 e. The van der Waals surface area contributed by atoms with Crippen LogP contribution in [0.5, 0.6) is 0 Å². The van der Waals surface area contributed by atoms with Crippen LogP contribution in [0.25, 0.3) is 27.7 Å². The van der Waals surface area contributed by atoms with Crippen molar-refractivity contribution in [3.63, 3.8) is 0 Å². The lowest BCUT2D eigenvalue weighted by atomic mass is 10.0. The lowest BCUT2D eigenvalue weighted by Gasteiger charge is -2.34. The minimum Gasteiger partial charge on any atom is -0.379 e. The Morgan fingerprint density at radius 3 is 2.27 bits per heavy atom. The molecule has 7 nitrogen and oxygen atoms in total. The third kappa shape index (κ3) is 6.46. The van der Waals surface area contributed by atoms with Crippen molar-refractivity contribution in [3.8, 4) is 16.8 Å². The Kier molecular flexibility index (Phi) is 8.91. The van der Waals surface area contributed by atoms with Gasteiger partial charge < -0.3 is 9.64 Å². The maximum absolute atomic E-state index is 14.1. The predicted octanol–water partition coefficient (Wildman–Crippen LogP) is 5.66. The van der Waals surface area contributed by atoms with E-state index in [4.69, 9.17) is 9.72 Å². The molecule has 0 saturated carbocycles. The van der Waals surface area contributed by atoms with Crippen LogP contribution >= 0.6 is 0 Å². The zero-order chi connectivity index (χ0) is 30.5. The second kappa shape index (κ2) is 13.3.